The first kappa shape index (κ1) is 18.9. The third-order valence-electron chi connectivity index (χ3n) is 2.46. The van der Waals surface area contributed by atoms with Crippen molar-refractivity contribution in [2.45, 2.75) is 20.3 Å². The zero-order chi connectivity index (χ0) is 16.9. The van der Waals surface area contributed by atoms with Crippen LogP contribution >= 0.6 is 24.4 Å². The maximum absolute atomic E-state index is 5.09. The van der Waals surface area contributed by atoms with Gasteiger partial charge in [0.15, 0.2) is 10.2 Å². The lowest BCUT2D eigenvalue weighted by Gasteiger charge is -2.07. The van der Waals surface area contributed by atoms with Crippen LogP contribution in [0.15, 0.2) is 34.7 Å². The van der Waals surface area contributed by atoms with E-state index in [1.165, 1.54) is 0 Å². The smallest absolute Gasteiger partial charge is 0.186 e. The minimum atomic E-state index is 0.459. The summed E-state index contributed by atoms with van der Waals surface area (Å²) in [7, 11) is 0. The molecule has 0 unspecified atom stereocenters. The zero-order valence-electron chi connectivity index (χ0n) is 13.2. The molecule has 124 valence electrons. The number of thiocarbonyl (C=S) groups is 2. The van der Waals surface area contributed by atoms with E-state index in [0.29, 0.717) is 22.4 Å². The number of nitrogens with one attached hydrogen (secondary N) is 4. The fourth-order valence-corrected chi connectivity index (χ4v) is 1.90. The average molecular weight is 352 g/mol. The van der Waals surface area contributed by atoms with E-state index in [4.69, 9.17) is 24.4 Å². The SMILES string of the molecule is CCNC(=S)N/N=C(\C=N\NC(=S)NCC)Cc1cccnc1. The number of hydrogen-bond donors (Lipinski definition) is 4. The summed E-state index contributed by atoms with van der Waals surface area (Å²) in [6.45, 7) is 5.38. The molecule has 0 radical (unpaired) electrons. The second-order valence-electron chi connectivity index (χ2n) is 4.34. The van der Waals surface area contributed by atoms with Crippen molar-refractivity contribution in [3.05, 3.63) is 30.1 Å². The minimum absolute atomic E-state index is 0.459. The molecule has 7 nitrogen and oxygen atoms in total. The summed E-state index contributed by atoms with van der Waals surface area (Å²) in [4.78, 5) is 4.09. The van der Waals surface area contributed by atoms with Gasteiger partial charge < -0.3 is 10.6 Å². The van der Waals surface area contributed by atoms with Crippen LogP contribution in [0.4, 0.5) is 0 Å². The summed E-state index contributed by atoms with van der Waals surface area (Å²) >= 11 is 10.1. The van der Waals surface area contributed by atoms with Gasteiger partial charge in [0.1, 0.15) is 0 Å². The summed E-state index contributed by atoms with van der Waals surface area (Å²) in [5.41, 5.74) is 7.22. The molecular formula is C14H21N7S2. The van der Waals surface area contributed by atoms with E-state index >= 15 is 0 Å². The van der Waals surface area contributed by atoms with E-state index in [0.717, 1.165) is 18.7 Å². The Morgan fingerprint density at radius 3 is 2.48 bits per heavy atom. The Labute approximate surface area is 147 Å². The van der Waals surface area contributed by atoms with Crippen LogP contribution in [0.3, 0.4) is 0 Å². The lowest BCUT2D eigenvalue weighted by Crippen LogP contribution is -2.33. The average Bonchev–Trinajstić information content (AvgIpc) is 2.54. The normalized spacial score (nSPS) is 11.1. The highest BCUT2D eigenvalue weighted by atomic mass is 32.1. The van der Waals surface area contributed by atoms with Gasteiger partial charge in [-0.2, -0.15) is 10.2 Å². The highest BCUT2D eigenvalue weighted by molar-refractivity contribution is 7.80. The number of pyridine rings is 1. The Morgan fingerprint density at radius 1 is 1.17 bits per heavy atom. The van der Waals surface area contributed by atoms with Crippen molar-refractivity contribution in [2.24, 2.45) is 10.2 Å². The molecule has 0 fully saturated rings. The maximum atomic E-state index is 5.09. The maximum Gasteiger partial charge on any atom is 0.186 e. The van der Waals surface area contributed by atoms with Gasteiger partial charge in [0, 0.05) is 31.9 Å². The Bertz CT molecular complexity index is 558. The molecule has 0 bridgehead atoms. The lowest BCUT2D eigenvalue weighted by molar-refractivity contribution is 0.897. The molecule has 0 amide bonds. The molecule has 4 N–H and O–H groups in total. The van der Waals surface area contributed by atoms with Gasteiger partial charge in [-0.05, 0) is 49.9 Å². The Balaban J connectivity index is 2.71. The van der Waals surface area contributed by atoms with E-state index in [-0.39, 0.29) is 0 Å². The zero-order valence-corrected chi connectivity index (χ0v) is 14.8. The Morgan fingerprint density at radius 2 is 1.87 bits per heavy atom. The third-order valence-corrected chi connectivity index (χ3v) is 2.93. The highest BCUT2D eigenvalue weighted by Gasteiger charge is 2.01. The molecule has 0 saturated carbocycles. The first-order valence-electron chi connectivity index (χ1n) is 7.21. The van der Waals surface area contributed by atoms with E-state index < -0.39 is 0 Å². The highest BCUT2D eigenvalue weighted by Crippen LogP contribution is 1.98. The van der Waals surface area contributed by atoms with E-state index in [1.54, 1.807) is 18.6 Å². The fourth-order valence-electron chi connectivity index (χ4n) is 1.51. The molecule has 9 heteroatoms. The molecule has 0 atom stereocenters. The topological polar surface area (TPSA) is 85.7 Å². The fraction of sp³-hybridized carbons (Fsp3) is 0.357. The van der Waals surface area contributed by atoms with E-state index in [9.17, 15) is 0 Å². The number of aromatic nitrogens is 1. The van der Waals surface area contributed by atoms with Crippen molar-refractivity contribution in [1.29, 1.82) is 0 Å². The predicted octanol–water partition coefficient (Wildman–Crippen LogP) is 0.934. The van der Waals surface area contributed by atoms with Crippen molar-refractivity contribution in [3.63, 3.8) is 0 Å². The molecule has 0 spiro atoms. The monoisotopic (exact) mass is 351 g/mol. The third kappa shape index (κ3) is 8.79. The Hall–Kier alpha value is -2.13. The largest absolute Gasteiger partial charge is 0.362 e. The molecule has 0 aliphatic carbocycles. The van der Waals surface area contributed by atoms with Crippen molar-refractivity contribution in [2.75, 3.05) is 13.1 Å². The molecular weight excluding hydrogens is 330 g/mol. The van der Waals surface area contributed by atoms with E-state index in [1.807, 2.05) is 26.0 Å². The first-order chi connectivity index (χ1) is 11.2. The van der Waals surface area contributed by atoms with Crippen LogP contribution in [0.1, 0.15) is 19.4 Å². The van der Waals surface area contributed by atoms with Gasteiger partial charge in [-0.3, -0.25) is 15.8 Å². The molecule has 23 heavy (non-hydrogen) atoms. The second-order valence-corrected chi connectivity index (χ2v) is 5.16. The molecule has 0 aliphatic heterocycles. The molecule has 0 aliphatic rings. The summed E-state index contributed by atoms with van der Waals surface area (Å²) < 4.78 is 0. The first-order valence-corrected chi connectivity index (χ1v) is 8.03. The number of nitrogens with zero attached hydrogens (tertiary/aromatic N) is 3. The number of hydrazone groups is 2. The number of hydrogen-bond acceptors (Lipinski definition) is 5. The molecule has 1 aromatic rings. The van der Waals surface area contributed by atoms with Crippen molar-refractivity contribution in [3.8, 4) is 0 Å². The van der Waals surface area contributed by atoms with Crippen molar-refractivity contribution < 1.29 is 0 Å². The van der Waals surface area contributed by atoms with Crippen LogP contribution in [0.5, 0.6) is 0 Å². The van der Waals surface area contributed by atoms with Crippen LogP contribution in [0, 0.1) is 0 Å². The quantitative estimate of drug-likeness (QED) is 0.330. The van der Waals surface area contributed by atoms with Crippen LogP contribution in [0.2, 0.25) is 0 Å². The predicted molar refractivity (Wildman–Crippen MR) is 103 cm³/mol. The van der Waals surface area contributed by atoms with Crippen LogP contribution < -0.4 is 21.5 Å². The van der Waals surface area contributed by atoms with Gasteiger partial charge in [-0.25, -0.2) is 0 Å². The van der Waals surface area contributed by atoms with Gasteiger partial charge in [0.2, 0.25) is 0 Å². The summed E-state index contributed by atoms with van der Waals surface area (Å²) in [6, 6.07) is 3.84. The standard InChI is InChI=1S/C14H21N7S2/c1-3-16-13(22)20-18-10-12(19-21-14(23)17-4-2)8-11-6-5-7-15-9-11/h5-7,9-10H,3-4,8H2,1-2H3,(H2,16,20,22)(H2,17,21,23)/b18-10+,19-12-. The van der Waals surface area contributed by atoms with Crippen molar-refractivity contribution >= 4 is 46.6 Å². The lowest BCUT2D eigenvalue weighted by atomic mass is 10.1. The van der Waals surface area contributed by atoms with Gasteiger partial charge in [0.25, 0.3) is 0 Å². The number of rotatable bonds is 7. The summed E-state index contributed by atoms with van der Waals surface area (Å²) in [6.07, 6.45) is 5.67. The van der Waals surface area contributed by atoms with Crippen molar-refractivity contribution in [1.82, 2.24) is 26.5 Å². The van der Waals surface area contributed by atoms with Crippen LogP contribution in [-0.4, -0.2) is 40.2 Å². The summed E-state index contributed by atoms with van der Waals surface area (Å²) in [5, 5.41) is 15.2. The van der Waals surface area contributed by atoms with E-state index in [2.05, 4.69) is 36.7 Å². The molecule has 0 aromatic carbocycles. The summed E-state index contributed by atoms with van der Waals surface area (Å²) in [5.74, 6) is 0. The van der Waals surface area contributed by atoms with Crippen LogP contribution in [-0.2, 0) is 6.42 Å². The second kappa shape index (κ2) is 11.4. The molecule has 1 rings (SSSR count). The van der Waals surface area contributed by atoms with Gasteiger partial charge in [-0.1, -0.05) is 6.07 Å². The molecule has 1 heterocycles. The molecule has 0 saturated heterocycles. The van der Waals surface area contributed by atoms with Gasteiger partial charge >= 0.3 is 0 Å². The van der Waals surface area contributed by atoms with Gasteiger partial charge in [-0.15, -0.1) is 0 Å². The minimum Gasteiger partial charge on any atom is -0.362 e. The van der Waals surface area contributed by atoms with Crippen LogP contribution in [0.25, 0.3) is 0 Å². The van der Waals surface area contributed by atoms with Gasteiger partial charge in [0.05, 0.1) is 11.9 Å². The molecule has 1 aromatic heterocycles. The Kier molecular flexibility index (Phi) is 9.41.